The van der Waals surface area contributed by atoms with Gasteiger partial charge in [-0.1, -0.05) is 76.3 Å². The molecule has 1 heteroatoms. The number of aliphatic hydroxyl groups excluding tert-OH is 1. The van der Waals surface area contributed by atoms with Gasteiger partial charge < -0.3 is 5.11 Å². The molecule has 0 radical (unpaired) electrons. The van der Waals surface area contributed by atoms with Gasteiger partial charge in [-0.05, 0) is 80.1 Å². The van der Waals surface area contributed by atoms with Crippen molar-refractivity contribution in [1.82, 2.24) is 0 Å². The summed E-state index contributed by atoms with van der Waals surface area (Å²) >= 11 is 0. The maximum atomic E-state index is 10.1. The number of hydrogen-bond donors (Lipinski definition) is 1. The molecule has 3 saturated carbocycles. The van der Waals surface area contributed by atoms with Crippen molar-refractivity contribution in [2.75, 3.05) is 0 Å². The van der Waals surface area contributed by atoms with Crippen LogP contribution in [0.2, 0.25) is 0 Å². The first kappa shape index (κ1) is 20.9. The molecule has 152 valence electrons. The van der Waals surface area contributed by atoms with Gasteiger partial charge in [0.2, 0.25) is 0 Å². The number of rotatable bonds is 6. The molecule has 0 spiro atoms. The Labute approximate surface area is 168 Å². The molecule has 0 saturated heterocycles. The van der Waals surface area contributed by atoms with Gasteiger partial charge in [-0.2, -0.15) is 0 Å². The summed E-state index contributed by atoms with van der Waals surface area (Å²) < 4.78 is 0. The van der Waals surface area contributed by atoms with Crippen molar-refractivity contribution in [2.45, 2.75) is 104 Å². The van der Waals surface area contributed by atoms with Crippen molar-refractivity contribution in [2.24, 2.45) is 23.2 Å². The van der Waals surface area contributed by atoms with E-state index in [0.29, 0.717) is 5.41 Å². The van der Waals surface area contributed by atoms with Gasteiger partial charge in [-0.15, -0.1) is 0 Å². The minimum Gasteiger partial charge on any atom is -0.388 e. The topological polar surface area (TPSA) is 20.2 Å². The summed E-state index contributed by atoms with van der Waals surface area (Å²) in [6.45, 7) is 11.4. The van der Waals surface area contributed by atoms with E-state index in [2.05, 4.69) is 39.5 Å². The average molecular weight is 371 g/mol. The number of allylic oxidation sites excluding steroid dienone is 3. The van der Waals surface area contributed by atoms with Crippen LogP contribution in [-0.4, -0.2) is 11.2 Å². The largest absolute Gasteiger partial charge is 0.388 e. The Bertz CT molecular complexity index is 583. The molecule has 3 fully saturated rings. The second-order valence-corrected chi connectivity index (χ2v) is 10.0. The summed E-state index contributed by atoms with van der Waals surface area (Å²) in [5.41, 5.74) is 4.66. The fourth-order valence-corrected chi connectivity index (χ4v) is 6.49. The van der Waals surface area contributed by atoms with E-state index in [1.807, 2.05) is 0 Å². The van der Waals surface area contributed by atoms with Crippen molar-refractivity contribution in [3.63, 3.8) is 0 Å². The minimum absolute atomic E-state index is 0.320. The highest BCUT2D eigenvalue weighted by Crippen LogP contribution is 2.59. The number of aliphatic hydroxyl groups is 1. The van der Waals surface area contributed by atoms with Gasteiger partial charge in [0.1, 0.15) is 0 Å². The standard InChI is InChI=1S/C26H42O/c1-5-6-7-9-19(2)23-15-16-24-22(10-8-17-26(23,24)4)14-13-21-12-11-20(3)25(27)18-21/h13-14,19,23-25,27H,3,5-12,15-18H2,1-2,4H3/b21-13-,22-14+. The molecule has 27 heavy (non-hydrogen) atoms. The summed E-state index contributed by atoms with van der Waals surface area (Å²) in [6, 6.07) is 0. The van der Waals surface area contributed by atoms with E-state index in [0.717, 1.165) is 42.6 Å². The van der Waals surface area contributed by atoms with E-state index in [1.165, 1.54) is 63.4 Å². The van der Waals surface area contributed by atoms with Crippen LogP contribution < -0.4 is 0 Å². The number of unbranched alkanes of at least 4 members (excludes halogenated alkanes) is 2. The lowest BCUT2D eigenvalue weighted by molar-refractivity contribution is 0.0932. The SMILES string of the molecule is C=C1CC/C(=C/C=C2\CCCC3(C)C2CCC3C(C)CCCCC)CC1O. The molecule has 1 N–H and O–H groups in total. The molecule has 0 aromatic carbocycles. The Hall–Kier alpha value is -0.820. The van der Waals surface area contributed by atoms with Crippen LogP contribution in [0.5, 0.6) is 0 Å². The fourth-order valence-electron chi connectivity index (χ4n) is 6.49. The molecule has 1 nitrogen and oxygen atoms in total. The van der Waals surface area contributed by atoms with Crippen LogP contribution in [0.1, 0.15) is 97.8 Å². The zero-order valence-corrected chi connectivity index (χ0v) is 18.1. The number of hydrogen-bond acceptors (Lipinski definition) is 1. The van der Waals surface area contributed by atoms with Gasteiger partial charge in [0.15, 0.2) is 0 Å². The summed E-state index contributed by atoms with van der Waals surface area (Å²) in [6.07, 6.45) is 19.8. The predicted octanol–water partition coefficient (Wildman–Crippen LogP) is 7.37. The van der Waals surface area contributed by atoms with Crippen molar-refractivity contribution in [3.05, 3.63) is 35.5 Å². The first-order chi connectivity index (χ1) is 13.0. The Kier molecular flexibility index (Phi) is 7.06. The van der Waals surface area contributed by atoms with Gasteiger partial charge in [0.25, 0.3) is 0 Å². The Morgan fingerprint density at radius 3 is 2.74 bits per heavy atom. The molecule has 0 aromatic heterocycles. The molecule has 3 aliphatic rings. The van der Waals surface area contributed by atoms with Crippen molar-refractivity contribution in [3.8, 4) is 0 Å². The molecule has 5 atom stereocenters. The monoisotopic (exact) mass is 370 g/mol. The summed E-state index contributed by atoms with van der Waals surface area (Å²) in [5, 5.41) is 10.1. The molecule has 3 rings (SSSR count). The van der Waals surface area contributed by atoms with Crippen LogP contribution in [0.4, 0.5) is 0 Å². The maximum Gasteiger partial charge on any atom is 0.0784 e. The van der Waals surface area contributed by atoms with Crippen molar-refractivity contribution >= 4 is 0 Å². The minimum atomic E-state index is -0.320. The van der Waals surface area contributed by atoms with Gasteiger partial charge in [0.05, 0.1) is 6.10 Å². The Balaban J connectivity index is 1.68. The lowest BCUT2D eigenvalue weighted by atomic mass is 9.60. The molecule has 5 unspecified atom stereocenters. The van der Waals surface area contributed by atoms with Crippen LogP contribution in [0.3, 0.4) is 0 Å². The maximum absolute atomic E-state index is 10.1. The molecule has 0 aromatic rings. The summed E-state index contributed by atoms with van der Waals surface area (Å²) in [5.74, 6) is 2.59. The Morgan fingerprint density at radius 1 is 1.19 bits per heavy atom. The highest BCUT2D eigenvalue weighted by molar-refractivity contribution is 5.28. The third kappa shape index (κ3) is 4.61. The molecule has 0 heterocycles. The molecular weight excluding hydrogens is 328 g/mol. The molecule has 3 aliphatic carbocycles. The zero-order chi connectivity index (χ0) is 19.4. The zero-order valence-electron chi connectivity index (χ0n) is 18.1. The molecule has 0 aliphatic heterocycles. The van der Waals surface area contributed by atoms with Gasteiger partial charge in [-0.25, -0.2) is 0 Å². The van der Waals surface area contributed by atoms with Crippen LogP contribution in [0.15, 0.2) is 35.5 Å². The van der Waals surface area contributed by atoms with E-state index in [9.17, 15) is 5.11 Å². The summed E-state index contributed by atoms with van der Waals surface area (Å²) in [4.78, 5) is 0. The van der Waals surface area contributed by atoms with Crippen LogP contribution in [0.25, 0.3) is 0 Å². The van der Waals surface area contributed by atoms with E-state index < -0.39 is 0 Å². The van der Waals surface area contributed by atoms with E-state index in [4.69, 9.17) is 0 Å². The first-order valence-electron chi connectivity index (χ1n) is 11.7. The number of fused-ring (bicyclic) bond motifs is 1. The summed E-state index contributed by atoms with van der Waals surface area (Å²) in [7, 11) is 0. The second-order valence-electron chi connectivity index (χ2n) is 10.0. The smallest absolute Gasteiger partial charge is 0.0784 e. The second kappa shape index (κ2) is 9.12. The third-order valence-electron chi connectivity index (χ3n) is 8.21. The molecular formula is C26H42O. The van der Waals surface area contributed by atoms with Gasteiger partial charge in [0, 0.05) is 0 Å². The first-order valence-corrected chi connectivity index (χ1v) is 11.7. The third-order valence-corrected chi connectivity index (χ3v) is 8.21. The Morgan fingerprint density at radius 2 is 2.00 bits per heavy atom. The van der Waals surface area contributed by atoms with Crippen molar-refractivity contribution in [1.29, 1.82) is 0 Å². The van der Waals surface area contributed by atoms with Crippen LogP contribution in [0, 0.1) is 23.2 Å². The van der Waals surface area contributed by atoms with Gasteiger partial charge >= 0.3 is 0 Å². The van der Waals surface area contributed by atoms with E-state index in [-0.39, 0.29) is 6.10 Å². The highest BCUT2D eigenvalue weighted by Gasteiger charge is 2.50. The lowest BCUT2D eigenvalue weighted by Crippen LogP contribution is -2.36. The highest BCUT2D eigenvalue weighted by atomic mass is 16.3. The van der Waals surface area contributed by atoms with Gasteiger partial charge in [-0.3, -0.25) is 0 Å². The quantitative estimate of drug-likeness (QED) is 0.382. The predicted molar refractivity (Wildman–Crippen MR) is 117 cm³/mol. The van der Waals surface area contributed by atoms with E-state index >= 15 is 0 Å². The average Bonchev–Trinajstić information content (AvgIpc) is 3.00. The van der Waals surface area contributed by atoms with Crippen molar-refractivity contribution < 1.29 is 5.11 Å². The lowest BCUT2D eigenvalue weighted by Gasteiger charge is -2.44. The molecule has 0 amide bonds. The van der Waals surface area contributed by atoms with E-state index in [1.54, 1.807) is 5.57 Å². The normalized spacial score (nSPS) is 38.4. The van der Waals surface area contributed by atoms with Crippen LogP contribution >= 0.6 is 0 Å². The fraction of sp³-hybridized carbons (Fsp3) is 0.769. The van der Waals surface area contributed by atoms with Crippen LogP contribution in [-0.2, 0) is 0 Å². The molecule has 0 bridgehead atoms.